The highest BCUT2D eigenvalue weighted by atomic mass is 35.5. The van der Waals surface area contributed by atoms with Gasteiger partial charge in [0.05, 0.1) is 24.4 Å². The molecule has 1 aromatic heterocycles. The molecular formula is C42H52ClFN6O6. The van der Waals surface area contributed by atoms with Crippen molar-refractivity contribution in [3.05, 3.63) is 75.7 Å². The van der Waals surface area contributed by atoms with Crippen LogP contribution in [0.5, 0.6) is 5.88 Å². The summed E-state index contributed by atoms with van der Waals surface area (Å²) in [4.78, 5) is 47.8. The maximum Gasteiger partial charge on any atom is 0.317 e. The number of hydrogen-bond donors (Lipinski definition) is 3. The van der Waals surface area contributed by atoms with Gasteiger partial charge in [0.15, 0.2) is 0 Å². The number of carbonyl (C=O) groups excluding carboxylic acids is 3. The Kier molecular flexibility index (Phi) is 12.9. The first kappa shape index (κ1) is 40.9. The average Bonchev–Trinajstić information content (AvgIpc) is 3.60. The summed E-state index contributed by atoms with van der Waals surface area (Å²) in [6.07, 6.45) is 6.87. The van der Waals surface area contributed by atoms with Crippen LogP contribution in [-0.4, -0.2) is 103 Å². The lowest BCUT2D eigenvalue weighted by Gasteiger charge is -2.35. The number of likely N-dealkylation sites (N-methyl/N-ethyl adjacent to an activating group) is 1. The zero-order valence-corrected chi connectivity index (χ0v) is 33.7. The van der Waals surface area contributed by atoms with Crippen molar-refractivity contribution in [2.24, 2.45) is 5.92 Å². The number of aryl methyl sites for hydroxylation is 1. The van der Waals surface area contributed by atoms with Crippen LogP contribution in [-0.2, 0) is 20.7 Å². The number of aromatic nitrogens is 1. The summed E-state index contributed by atoms with van der Waals surface area (Å²) in [5.74, 6) is -0.526. The van der Waals surface area contributed by atoms with Crippen molar-refractivity contribution in [2.75, 3.05) is 53.3 Å². The fraction of sp³-hybridized carbons (Fsp3) is 0.476. The summed E-state index contributed by atoms with van der Waals surface area (Å²) in [6, 6.07) is 10.3. The van der Waals surface area contributed by atoms with Gasteiger partial charge in [0.1, 0.15) is 11.4 Å². The zero-order chi connectivity index (χ0) is 40.3. The van der Waals surface area contributed by atoms with E-state index in [1.54, 1.807) is 40.3 Å². The molecule has 3 aromatic rings. The summed E-state index contributed by atoms with van der Waals surface area (Å²) < 4.78 is 26.8. The zero-order valence-electron chi connectivity index (χ0n) is 33.0. The molecule has 0 radical (unpaired) electrons. The molecule has 1 saturated heterocycles. The molecule has 4 amide bonds. The minimum absolute atomic E-state index is 0.0122. The number of nitrogens with zero attached hydrogens (tertiary/aromatic N) is 4. The lowest BCUT2D eigenvalue weighted by atomic mass is 9.85. The van der Waals surface area contributed by atoms with Gasteiger partial charge in [-0.3, -0.25) is 14.5 Å². The number of hydrogen-bond acceptors (Lipinski definition) is 8. The minimum atomic E-state index is -1.20. The number of methoxy groups -OCH3 is 2. The van der Waals surface area contributed by atoms with Gasteiger partial charge in [-0.15, -0.1) is 0 Å². The Morgan fingerprint density at radius 2 is 1.93 bits per heavy atom. The molecule has 1 fully saturated rings. The topological polar surface area (TPSA) is 137 Å². The highest BCUT2D eigenvalue weighted by molar-refractivity contribution is 6.36. The quantitative estimate of drug-likeness (QED) is 0.154. The SMILES string of the molecule is CCC(CCC1CCN(CCOC)C(=O)N1)CC1CCc2cc(-c3cccc(-c4c(F)ccc(NC(=O)C5=CN(C)C(O)N(C)C5=O)c4C)c3Cl)nc(OC)c21. The van der Waals surface area contributed by atoms with Crippen molar-refractivity contribution >= 4 is 35.1 Å². The van der Waals surface area contributed by atoms with E-state index >= 15 is 4.39 Å². The Balaban J connectivity index is 1.20. The summed E-state index contributed by atoms with van der Waals surface area (Å²) in [6.45, 7) is 5.79. The number of urea groups is 1. The number of pyridine rings is 1. The Bertz CT molecular complexity index is 2010. The highest BCUT2D eigenvalue weighted by Crippen LogP contribution is 2.46. The van der Waals surface area contributed by atoms with Crippen LogP contribution in [0.3, 0.4) is 0 Å². The van der Waals surface area contributed by atoms with Crippen molar-refractivity contribution < 1.29 is 33.4 Å². The molecular weight excluding hydrogens is 739 g/mol. The number of aliphatic hydroxyl groups is 1. The van der Waals surface area contributed by atoms with Gasteiger partial charge in [-0.1, -0.05) is 43.1 Å². The lowest BCUT2D eigenvalue weighted by molar-refractivity contribution is -0.148. The van der Waals surface area contributed by atoms with Gasteiger partial charge in [-0.2, -0.15) is 0 Å². The van der Waals surface area contributed by atoms with Gasteiger partial charge < -0.3 is 35.0 Å². The van der Waals surface area contributed by atoms with E-state index in [2.05, 4.69) is 23.6 Å². The highest BCUT2D eigenvalue weighted by Gasteiger charge is 2.34. The third-order valence-corrected chi connectivity index (χ3v) is 12.0. The number of benzene rings is 2. The summed E-state index contributed by atoms with van der Waals surface area (Å²) in [7, 11) is 6.22. The van der Waals surface area contributed by atoms with Crippen LogP contribution in [0.25, 0.3) is 22.4 Å². The van der Waals surface area contributed by atoms with E-state index in [1.807, 2.05) is 11.0 Å². The van der Waals surface area contributed by atoms with Crippen molar-refractivity contribution in [3.8, 4) is 28.3 Å². The van der Waals surface area contributed by atoms with Crippen LogP contribution < -0.4 is 15.4 Å². The number of aliphatic hydroxyl groups excluding tert-OH is 1. The second kappa shape index (κ2) is 17.6. The van der Waals surface area contributed by atoms with Crippen molar-refractivity contribution in [1.29, 1.82) is 0 Å². The Morgan fingerprint density at radius 1 is 1.16 bits per heavy atom. The van der Waals surface area contributed by atoms with E-state index in [-0.39, 0.29) is 23.2 Å². The summed E-state index contributed by atoms with van der Waals surface area (Å²) >= 11 is 7.11. The molecule has 56 heavy (non-hydrogen) atoms. The molecule has 3 N–H and O–H groups in total. The molecule has 0 spiro atoms. The van der Waals surface area contributed by atoms with E-state index < -0.39 is 24.0 Å². The maximum absolute atomic E-state index is 15.7. The average molecular weight is 791 g/mol. The predicted octanol–water partition coefficient (Wildman–Crippen LogP) is 6.68. The van der Waals surface area contributed by atoms with Gasteiger partial charge >= 0.3 is 6.03 Å². The van der Waals surface area contributed by atoms with Gasteiger partial charge in [-0.25, -0.2) is 14.2 Å². The van der Waals surface area contributed by atoms with Crippen LogP contribution in [0.4, 0.5) is 14.9 Å². The van der Waals surface area contributed by atoms with Crippen LogP contribution in [0.2, 0.25) is 5.02 Å². The summed E-state index contributed by atoms with van der Waals surface area (Å²) in [5.41, 5.74) is 4.71. The minimum Gasteiger partial charge on any atom is -0.481 e. The van der Waals surface area contributed by atoms with E-state index in [1.165, 1.54) is 30.3 Å². The number of halogens is 2. The van der Waals surface area contributed by atoms with Crippen molar-refractivity contribution in [3.63, 3.8) is 0 Å². The number of amides is 4. The normalized spacial score (nSPS) is 20.1. The van der Waals surface area contributed by atoms with E-state index in [4.69, 9.17) is 26.1 Å². The van der Waals surface area contributed by atoms with Crippen molar-refractivity contribution in [1.82, 2.24) is 25.0 Å². The Morgan fingerprint density at radius 3 is 2.64 bits per heavy atom. The fourth-order valence-electron chi connectivity index (χ4n) is 8.25. The van der Waals surface area contributed by atoms with Gasteiger partial charge in [-0.05, 0) is 86.6 Å². The van der Waals surface area contributed by atoms with Crippen LogP contribution in [0, 0.1) is 18.7 Å². The van der Waals surface area contributed by atoms with Gasteiger partial charge in [0, 0.05) is 74.5 Å². The van der Waals surface area contributed by atoms with Gasteiger partial charge in [0.25, 0.3) is 11.8 Å². The third kappa shape index (κ3) is 8.35. The molecule has 12 nitrogen and oxygen atoms in total. The monoisotopic (exact) mass is 790 g/mol. The molecule has 0 saturated carbocycles. The van der Waals surface area contributed by atoms with E-state index in [0.717, 1.165) is 67.5 Å². The predicted molar refractivity (Wildman–Crippen MR) is 214 cm³/mol. The molecule has 300 valence electrons. The Hall–Kier alpha value is -4.72. The number of nitrogens with one attached hydrogen (secondary N) is 2. The van der Waals surface area contributed by atoms with Crippen LogP contribution >= 0.6 is 11.6 Å². The first-order valence-electron chi connectivity index (χ1n) is 19.3. The number of ether oxygens (including phenoxy) is 2. The molecule has 4 unspecified atom stereocenters. The molecule has 6 rings (SSSR count). The molecule has 3 aliphatic rings. The second-order valence-electron chi connectivity index (χ2n) is 15.0. The first-order valence-corrected chi connectivity index (χ1v) is 19.6. The second-order valence-corrected chi connectivity index (χ2v) is 15.4. The molecule has 2 aliphatic heterocycles. The molecule has 3 heterocycles. The number of carbonyl (C=O) groups is 3. The standard InChI is InChI=1S/C42H52ClFN6O6/c1-7-25(11-14-28-17-18-50(19-20-55-5)41(53)45-28)21-26-12-13-27-22-34(47-39(56-6)36(26)27)29-9-8-10-30(37(29)43)35-24(2)33(16-15-32(35)44)46-38(51)31-23-48(3)42(54)49(4)40(31)52/h8-10,15-16,22-23,25-26,28,42,54H,7,11-14,17-21H2,1-6H3,(H,45,53)(H,46,51). The maximum atomic E-state index is 15.7. The largest absolute Gasteiger partial charge is 0.481 e. The van der Waals surface area contributed by atoms with E-state index in [9.17, 15) is 19.5 Å². The Labute approximate surface area is 333 Å². The molecule has 0 bridgehead atoms. The van der Waals surface area contributed by atoms with Crippen LogP contribution in [0.15, 0.2) is 48.2 Å². The third-order valence-electron chi connectivity index (χ3n) is 11.6. The number of fused-ring (bicyclic) bond motifs is 1. The molecule has 14 heteroatoms. The smallest absolute Gasteiger partial charge is 0.317 e. The lowest BCUT2D eigenvalue weighted by Crippen LogP contribution is -2.52. The van der Waals surface area contributed by atoms with Gasteiger partial charge in [0.2, 0.25) is 12.2 Å². The van der Waals surface area contributed by atoms with E-state index in [0.29, 0.717) is 64.0 Å². The van der Waals surface area contributed by atoms with Crippen molar-refractivity contribution in [2.45, 2.75) is 77.1 Å². The number of anilines is 1. The summed E-state index contributed by atoms with van der Waals surface area (Å²) in [5, 5.41) is 16.4. The molecule has 1 aliphatic carbocycles. The molecule has 4 atom stereocenters. The molecule has 2 aromatic carbocycles. The number of rotatable bonds is 14. The van der Waals surface area contributed by atoms with Crippen LogP contribution in [0.1, 0.15) is 68.1 Å². The fourth-order valence-corrected chi connectivity index (χ4v) is 8.56. The first-order chi connectivity index (χ1) is 26.9.